The standard InChI is InChI=1S/C15H20ClNO3/c1-15(2,14(18)19-3)17-8-7-13(10-17)20-12-6-4-5-11(16)9-12/h4-6,9,13H,7-8,10H2,1-3H3/t13-/m1/s1. The topological polar surface area (TPSA) is 38.8 Å². The van der Waals surface area contributed by atoms with Gasteiger partial charge >= 0.3 is 5.97 Å². The Hall–Kier alpha value is -1.26. The molecule has 5 heteroatoms. The zero-order chi connectivity index (χ0) is 14.8. The van der Waals surface area contributed by atoms with Crippen LogP contribution < -0.4 is 4.74 Å². The Morgan fingerprint density at radius 2 is 2.20 bits per heavy atom. The molecule has 1 fully saturated rings. The van der Waals surface area contributed by atoms with Crippen molar-refractivity contribution in [2.75, 3.05) is 20.2 Å². The van der Waals surface area contributed by atoms with Crippen molar-refractivity contribution in [3.05, 3.63) is 29.3 Å². The minimum absolute atomic E-state index is 0.0670. The molecule has 1 aliphatic heterocycles. The third-order valence-electron chi connectivity index (χ3n) is 3.72. The van der Waals surface area contributed by atoms with Crippen molar-refractivity contribution >= 4 is 17.6 Å². The number of hydrogen-bond acceptors (Lipinski definition) is 4. The first-order chi connectivity index (χ1) is 9.43. The Balaban J connectivity index is 1.97. The second-order valence-corrected chi connectivity index (χ2v) is 5.92. The van der Waals surface area contributed by atoms with E-state index in [1.165, 1.54) is 7.11 Å². The van der Waals surface area contributed by atoms with Crippen LogP contribution in [0.5, 0.6) is 5.75 Å². The van der Waals surface area contributed by atoms with Gasteiger partial charge in [0.15, 0.2) is 0 Å². The fourth-order valence-electron chi connectivity index (χ4n) is 2.44. The molecule has 1 aliphatic rings. The molecule has 4 nitrogen and oxygen atoms in total. The molecule has 0 amide bonds. The Morgan fingerprint density at radius 3 is 2.85 bits per heavy atom. The number of carbonyl (C=O) groups is 1. The molecule has 1 heterocycles. The van der Waals surface area contributed by atoms with Crippen molar-refractivity contribution in [1.82, 2.24) is 4.90 Å². The fourth-order valence-corrected chi connectivity index (χ4v) is 2.62. The van der Waals surface area contributed by atoms with E-state index in [1.807, 2.05) is 32.0 Å². The molecule has 1 aromatic carbocycles. The third kappa shape index (κ3) is 3.25. The molecule has 1 aromatic rings. The number of nitrogens with zero attached hydrogens (tertiary/aromatic N) is 1. The molecule has 0 saturated carbocycles. The van der Waals surface area contributed by atoms with Crippen LogP contribution in [0, 0.1) is 0 Å². The van der Waals surface area contributed by atoms with Crippen LogP contribution in [0.25, 0.3) is 0 Å². The SMILES string of the molecule is COC(=O)C(C)(C)N1CC[C@@H](Oc2cccc(Cl)c2)C1. The summed E-state index contributed by atoms with van der Waals surface area (Å²) in [5.41, 5.74) is -0.624. The lowest BCUT2D eigenvalue weighted by Crippen LogP contribution is -2.50. The van der Waals surface area contributed by atoms with E-state index in [0.717, 1.165) is 18.7 Å². The van der Waals surface area contributed by atoms with Gasteiger partial charge in [-0.3, -0.25) is 9.69 Å². The summed E-state index contributed by atoms with van der Waals surface area (Å²) in [5, 5.41) is 0.659. The Labute approximate surface area is 124 Å². The van der Waals surface area contributed by atoms with E-state index in [1.54, 1.807) is 6.07 Å². The fraction of sp³-hybridized carbons (Fsp3) is 0.533. The highest BCUT2D eigenvalue weighted by molar-refractivity contribution is 6.30. The van der Waals surface area contributed by atoms with Crippen LogP contribution in [-0.4, -0.2) is 42.7 Å². The summed E-state index contributed by atoms with van der Waals surface area (Å²) in [6.07, 6.45) is 0.949. The van der Waals surface area contributed by atoms with Gasteiger partial charge in [-0.05, 0) is 38.5 Å². The van der Waals surface area contributed by atoms with Gasteiger partial charge in [0, 0.05) is 18.1 Å². The molecule has 110 valence electrons. The Kier molecular flexibility index (Phi) is 4.55. The third-order valence-corrected chi connectivity index (χ3v) is 3.95. The average molecular weight is 298 g/mol. The molecular weight excluding hydrogens is 278 g/mol. The van der Waals surface area contributed by atoms with Crippen molar-refractivity contribution in [2.45, 2.75) is 31.9 Å². The lowest BCUT2D eigenvalue weighted by molar-refractivity contribution is -0.152. The van der Waals surface area contributed by atoms with Crippen LogP contribution in [0.2, 0.25) is 5.02 Å². The summed E-state index contributed by atoms with van der Waals surface area (Å²) in [7, 11) is 1.42. The van der Waals surface area contributed by atoms with Crippen LogP contribution >= 0.6 is 11.6 Å². The maximum atomic E-state index is 11.8. The highest BCUT2D eigenvalue weighted by atomic mass is 35.5. The van der Waals surface area contributed by atoms with Gasteiger partial charge < -0.3 is 9.47 Å². The van der Waals surface area contributed by atoms with Crippen molar-refractivity contribution < 1.29 is 14.3 Å². The van der Waals surface area contributed by atoms with Crippen LogP contribution in [0.15, 0.2) is 24.3 Å². The van der Waals surface area contributed by atoms with E-state index < -0.39 is 5.54 Å². The summed E-state index contributed by atoms with van der Waals surface area (Å²) < 4.78 is 10.8. The number of hydrogen-bond donors (Lipinski definition) is 0. The lowest BCUT2D eigenvalue weighted by atomic mass is 10.0. The lowest BCUT2D eigenvalue weighted by Gasteiger charge is -2.32. The number of halogens is 1. The minimum Gasteiger partial charge on any atom is -0.489 e. The molecule has 0 unspecified atom stereocenters. The van der Waals surface area contributed by atoms with Crippen LogP contribution in [0.3, 0.4) is 0 Å². The van der Waals surface area contributed by atoms with Gasteiger partial charge in [-0.2, -0.15) is 0 Å². The highest BCUT2D eigenvalue weighted by Crippen LogP contribution is 2.26. The Morgan fingerprint density at radius 1 is 1.45 bits per heavy atom. The van der Waals surface area contributed by atoms with Gasteiger partial charge in [0.2, 0.25) is 0 Å². The summed E-state index contributed by atoms with van der Waals surface area (Å²) >= 11 is 5.94. The summed E-state index contributed by atoms with van der Waals surface area (Å²) in [6, 6.07) is 7.37. The van der Waals surface area contributed by atoms with E-state index in [9.17, 15) is 4.79 Å². The molecule has 2 rings (SSSR count). The van der Waals surface area contributed by atoms with Gasteiger partial charge in [-0.25, -0.2) is 0 Å². The normalized spacial score (nSPS) is 19.9. The number of esters is 1. The maximum Gasteiger partial charge on any atom is 0.325 e. The van der Waals surface area contributed by atoms with E-state index in [4.69, 9.17) is 21.1 Å². The van der Waals surface area contributed by atoms with E-state index in [-0.39, 0.29) is 12.1 Å². The predicted octanol–water partition coefficient (Wildman–Crippen LogP) is 2.74. The molecular formula is C15H20ClNO3. The molecule has 0 radical (unpaired) electrons. The van der Waals surface area contributed by atoms with Gasteiger partial charge in [0.05, 0.1) is 7.11 Å². The van der Waals surface area contributed by atoms with E-state index in [0.29, 0.717) is 11.6 Å². The number of methoxy groups -OCH3 is 1. The number of rotatable bonds is 4. The minimum atomic E-state index is -0.624. The molecule has 0 aromatic heterocycles. The number of carbonyl (C=O) groups excluding carboxylic acids is 1. The van der Waals surface area contributed by atoms with Crippen molar-refractivity contribution in [1.29, 1.82) is 0 Å². The maximum absolute atomic E-state index is 11.8. The van der Waals surface area contributed by atoms with E-state index in [2.05, 4.69) is 4.90 Å². The second kappa shape index (κ2) is 6.02. The van der Waals surface area contributed by atoms with Gasteiger partial charge in [-0.1, -0.05) is 17.7 Å². The summed E-state index contributed by atoms with van der Waals surface area (Å²) in [4.78, 5) is 13.9. The smallest absolute Gasteiger partial charge is 0.325 e. The van der Waals surface area contributed by atoms with Crippen molar-refractivity contribution in [2.24, 2.45) is 0 Å². The molecule has 1 atom stereocenters. The first kappa shape index (κ1) is 15.1. The van der Waals surface area contributed by atoms with Crippen LogP contribution in [-0.2, 0) is 9.53 Å². The number of ether oxygens (including phenoxy) is 2. The summed E-state index contributed by atoms with van der Waals surface area (Å²) in [6.45, 7) is 5.27. The zero-order valence-electron chi connectivity index (χ0n) is 12.1. The van der Waals surface area contributed by atoms with Gasteiger partial charge in [-0.15, -0.1) is 0 Å². The number of benzene rings is 1. The molecule has 20 heavy (non-hydrogen) atoms. The highest BCUT2D eigenvalue weighted by Gasteiger charge is 2.40. The molecule has 0 bridgehead atoms. The average Bonchev–Trinajstić information content (AvgIpc) is 2.87. The van der Waals surface area contributed by atoms with Gasteiger partial charge in [0.25, 0.3) is 0 Å². The molecule has 1 saturated heterocycles. The largest absolute Gasteiger partial charge is 0.489 e. The molecule has 0 N–H and O–H groups in total. The first-order valence-electron chi connectivity index (χ1n) is 6.69. The zero-order valence-corrected chi connectivity index (χ0v) is 12.8. The molecule has 0 aliphatic carbocycles. The monoisotopic (exact) mass is 297 g/mol. The van der Waals surface area contributed by atoms with Gasteiger partial charge in [0.1, 0.15) is 17.4 Å². The second-order valence-electron chi connectivity index (χ2n) is 5.48. The quantitative estimate of drug-likeness (QED) is 0.801. The van der Waals surface area contributed by atoms with Crippen LogP contribution in [0.4, 0.5) is 0 Å². The summed E-state index contributed by atoms with van der Waals surface area (Å²) in [5.74, 6) is 0.543. The van der Waals surface area contributed by atoms with Crippen molar-refractivity contribution in [3.8, 4) is 5.75 Å². The predicted molar refractivity (Wildman–Crippen MR) is 78.2 cm³/mol. The Bertz CT molecular complexity index is 490. The van der Waals surface area contributed by atoms with Crippen molar-refractivity contribution in [3.63, 3.8) is 0 Å². The first-order valence-corrected chi connectivity index (χ1v) is 7.07. The number of likely N-dealkylation sites (tertiary alicyclic amines) is 1. The van der Waals surface area contributed by atoms with E-state index >= 15 is 0 Å². The van der Waals surface area contributed by atoms with Crippen LogP contribution in [0.1, 0.15) is 20.3 Å². The molecule has 0 spiro atoms.